The Hall–Kier alpha value is -3.08. The predicted octanol–water partition coefficient (Wildman–Crippen LogP) is 4.40. The van der Waals surface area contributed by atoms with Crippen LogP contribution in [-0.4, -0.2) is 19.1 Å². The lowest BCUT2D eigenvalue weighted by Crippen LogP contribution is -2.60. The van der Waals surface area contributed by atoms with Crippen LogP contribution >= 0.6 is 0 Å². The number of ether oxygens (including phenoxy) is 3. The highest BCUT2D eigenvalue weighted by atomic mass is 16.7. The highest BCUT2D eigenvalue weighted by molar-refractivity contribution is 5.89. The van der Waals surface area contributed by atoms with E-state index in [1.165, 1.54) is 0 Å². The van der Waals surface area contributed by atoms with Gasteiger partial charge in [0.15, 0.2) is 10.8 Å². The van der Waals surface area contributed by atoms with Gasteiger partial charge in [-0.05, 0) is 30.7 Å². The van der Waals surface area contributed by atoms with E-state index in [4.69, 9.17) is 19.6 Å². The van der Waals surface area contributed by atoms with E-state index in [9.17, 15) is 15.8 Å². The summed E-state index contributed by atoms with van der Waals surface area (Å²) in [6, 6.07) is 13.4. The Morgan fingerprint density at radius 2 is 1.73 bits per heavy atom. The second-order valence-electron chi connectivity index (χ2n) is 7.96. The minimum Gasteiger partial charge on any atom is -0.497 e. The minimum atomic E-state index is -1.82. The van der Waals surface area contributed by atoms with Gasteiger partial charge in [0.2, 0.25) is 11.7 Å². The molecule has 0 aliphatic carbocycles. The molecule has 0 saturated carbocycles. The van der Waals surface area contributed by atoms with Crippen molar-refractivity contribution in [1.29, 1.82) is 21.2 Å². The second-order valence-corrected chi connectivity index (χ2v) is 7.96. The van der Waals surface area contributed by atoms with Gasteiger partial charge in [0.1, 0.15) is 5.75 Å². The number of hydrogen-bond donors (Lipinski definition) is 1. The standard InChI is InChI=1S/C23H26N4O3/c1-4-5-6-7-8-19-21(13-24,14-25)22(15-26)16(2)23(29-19,30-20(22)27)17-9-11-18(28-3)12-10-17/h9-12,16,19,27H,4-8H2,1-3H3. The van der Waals surface area contributed by atoms with Crippen LogP contribution in [0.3, 0.4) is 0 Å². The zero-order valence-corrected chi connectivity index (χ0v) is 17.6. The van der Waals surface area contributed by atoms with Crippen LogP contribution in [0.4, 0.5) is 0 Å². The zero-order chi connectivity index (χ0) is 22.0. The normalized spacial score (nSPS) is 31.1. The Morgan fingerprint density at radius 1 is 1.07 bits per heavy atom. The lowest BCUT2D eigenvalue weighted by molar-refractivity contribution is -0.286. The van der Waals surface area contributed by atoms with Gasteiger partial charge in [-0.15, -0.1) is 0 Å². The molecule has 4 unspecified atom stereocenters. The van der Waals surface area contributed by atoms with Crippen molar-refractivity contribution < 1.29 is 14.2 Å². The Balaban J connectivity index is 2.14. The fraction of sp³-hybridized carbons (Fsp3) is 0.565. The third kappa shape index (κ3) is 2.68. The Kier molecular flexibility index (Phi) is 5.75. The zero-order valence-electron chi connectivity index (χ0n) is 17.6. The maximum absolute atomic E-state index is 10.2. The summed E-state index contributed by atoms with van der Waals surface area (Å²) in [4.78, 5) is 0. The van der Waals surface area contributed by atoms with Crippen LogP contribution in [-0.2, 0) is 15.3 Å². The molecular formula is C23H26N4O3. The number of rotatable bonds is 7. The van der Waals surface area contributed by atoms with Crippen molar-refractivity contribution in [3.8, 4) is 24.0 Å². The lowest BCUT2D eigenvalue weighted by atomic mass is 9.53. The number of unbranched alkanes of at least 4 members (excludes halogenated alkanes) is 3. The number of nitrogens with zero attached hydrogens (tertiary/aromatic N) is 3. The molecule has 156 valence electrons. The molecule has 30 heavy (non-hydrogen) atoms. The van der Waals surface area contributed by atoms with E-state index in [1.807, 2.05) is 0 Å². The van der Waals surface area contributed by atoms with E-state index in [-0.39, 0.29) is 5.90 Å². The summed E-state index contributed by atoms with van der Waals surface area (Å²) >= 11 is 0. The van der Waals surface area contributed by atoms with E-state index >= 15 is 0 Å². The molecule has 2 aliphatic heterocycles. The molecule has 0 aromatic heterocycles. The molecule has 0 amide bonds. The van der Waals surface area contributed by atoms with Gasteiger partial charge < -0.3 is 14.2 Å². The molecule has 2 fully saturated rings. The Labute approximate surface area is 177 Å². The van der Waals surface area contributed by atoms with Crippen molar-refractivity contribution in [1.82, 2.24) is 0 Å². The Morgan fingerprint density at radius 3 is 2.27 bits per heavy atom. The molecule has 1 aromatic rings. The minimum absolute atomic E-state index is 0.382. The number of nitrogens with one attached hydrogen (secondary N) is 1. The summed E-state index contributed by atoms with van der Waals surface area (Å²) in [6.07, 6.45) is 3.36. The third-order valence-corrected chi connectivity index (χ3v) is 6.60. The fourth-order valence-corrected chi connectivity index (χ4v) is 4.82. The summed E-state index contributed by atoms with van der Waals surface area (Å²) in [5.74, 6) is -1.88. The molecule has 1 aromatic carbocycles. The van der Waals surface area contributed by atoms with Gasteiger partial charge in [0, 0.05) is 5.56 Å². The van der Waals surface area contributed by atoms with E-state index in [0.29, 0.717) is 17.7 Å². The number of hydrogen-bond acceptors (Lipinski definition) is 7. The van der Waals surface area contributed by atoms with Gasteiger partial charge in [0.25, 0.3) is 0 Å². The van der Waals surface area contributed by atoms with Crippen molar-refractivity contribution in [2.24, 2.45) is 16.7 Å². The smallest absolute Gasteiger partial charge is 0.243 e. The number of nitriles is 3. The fourth-order valence-electron chi connectivity index (χ4n) is 4.82. The predicted molar refractivity (Wildman–Crippen MR) is 108 cm³/mol. The van der Waals surface area contributed by atoms with Crippen LogP contribution in [0.5, 0.6) is 5.75 Å². The monoisotopic (exact) mass is 406 g/mol. The molecule has 0 spiro atoms. The second kappa shape index (κ2) is 7.98. The average Bonchev–Trinajstić information content (AvgIpc) is 2.94. The highest BCUT2D eigenvalue weighted by Gasteiger charge is 2.79. The van der Waals surface area contributed by atoms with Gasteiger partial charge in [-0.25, -0.2) is 0 Å². The first-order chi connectivity index (χ1) is 14.4. The maximum Gasteiger partial charge on any atom is 0.243 e. The molecule has 2 bridgehead atoms. The summed E-state index contributed by atoms with van der Waals surface area (Å²) in [5.41, 5.74) is -2.91. The maximum atomic E-state index is 10.2. The van der Waals surface area contributed by atoms with Crippen molar-refractivity contribution in [3.63, 3.8) is 0 Å². The van der Waals surface area contributed by atoms with Crippen LogP contribution in [0.25, 0.3) is 0 Å². The van der Waals surface area contributed by atoms with Crippen molar-refractivity contribution >= 4 is 5.90 Å². The lowest BCUT2D eigenvalue weighted by Gasteiger charge is -2.48. The van der Waals surface area contributed by atoms with Crippen molar-refractivity contribution in [2.45, 2.75) is 57.8 Å². The number of benzene rings is 1. The summed E-state index contributed by atoms with van der Waals surface area (Å²) in [5, 5.41) is 39.0. The molecule has 2 aliphatic rings. The molecule has 7 nitrogen and oxygen atoms in total. The summed E-state index contributed by atoms with van der Waals surface area (Å²) < 4.78 is 17.6. The first kappa shape index (κ1) is 21.6. The van der Waals surface area contributed by atoms with Crippen LogP contribution in [0, 0.1) is 56.2 Å². The number of fused-ring (bicyclic) bond motifs is 2. The Bertz CT molecular complexity index is 925. The summed E-state index contributed by atoms with van der Waals surface area (Å²) in [6.45, 7) is 3.82. The summed E-state index contributed by atoms with van der Waals surface area (Å²) in [7, 11) is 1.57. The largest absolute Gasteiger partial charge is 0.497 e. The van der Waals surface area contributed by atoms with E-state index < -0.39 is 28.6 Å². The van der Waals surface area contributed by atoms with E-state index in [2.05, 4.69) is 25.1 Å². The molecule has 4 atom stereocenters. The van der Waals surface area contributed by atoms with Crippen molar-refractivity contribution in [2.75, 3.05) is 7.11 Å². The first-order valence-electron chi connectivity index (χ1n) is 10.3. The van der Waals surface area contributed by atoms with Crippen molar-refractivity contribution in [3.05, 3.63) is 29.8 Å². The molecule has 2 heterocycles. The number of methoxy groups -OCH3 is 1. The van der Waals surface area contributed by atoms with E-state index in [1.54, 1.807) is 38.3 Å². The van der Waals surface area contributed by atoms with Crippen LogP contribution in [0.1, 0.15) is 51.5 Å². The molecular weight excluding hydrogens is 380 g/mol. The van der Waals surface area contributed by atoms with Gasteiger partial charge in [-0.3, -0.25) is 5.41 Å². The topological polar surface area (TPSA) is 123 Å². The molecule has 2 saturated heterocycles. The quantitative estimate of drug-likeness (QED) is 0.669. The average molecular weight is 406 g/mol. The van der Waals surface area contributed by atoms with Crippen LogP contribution < -0.4 is 4.74 Å². The van der Waals surface area contributed by atoms with E-state index in [0.717, 1.165) is 25.7 Å². The molecule has 7 heteroatoms. The molecule has 1 N–H and O–H groups in total. The molecule has 0 radical (unpaired) electrons. The first-order valence-corrected chi connectivity index (χ1v) is 10.3. The SMILES string of the molecule is CCCCCCC1OC2(c3ccc(OC)cc3)OC(=N)C(C#N)(C2C)C1(C#N)C#N. The van der Waals surface area contributed by atoms with Gasteiger partial charge in [-0.2, -0.15) is 15.8 Å². The highest BCUT2D eigenvalue weighted by Crippen LogP contribution is 2.66. The van der Waals surface area contributed by atoms with Gasteiger partial charge >= 0.3 is 0 Å². The third-order valence-electron chi connectivity index (χ3n) is 6.60. The van der Waals surface area contributed by atoms with Gasteiger partial charge in [0.05, 0.1) is 37.3 Å². The van der Waals surface area contributed by atoms with Gasteiger partial charge in [-0.1, -0.05) is 39.5 Å². The van der Waals surface area contributed by atoms with Crippen LogP contribution in [0.2, 0.25) is 0 Å². The van der Waals surface area contributed by atoms with Crippen LogP contribution in [0.15, 0.2) is 24.3 Å². The molecule has 3 rings (SSSR count).